The zero-order valence-electron chi connectivity index (χ0n) is 14.3. The number of hydrogen-bond donors (Lipinski definition) is 0. The summed E-state index contributed by atoms with van der Waals surface area (Å²) in [5.41, 5.74) is 3.13. The SMILES string of the molecule is CC[C@H]1CSC(=Nc2cccc(C)c2)N1C(=O)c1ccc(C#N)cc1. The van der Waals surface area contributed by atoms with Crippen molar-refractivity contribution in [2.75, 3.05) is 5.75 Å². The highest BCUT2D eigenvalue weighted by Gasteiger charge is 2.34. The molecule has 0 aliphatic carbocycles. The maximum atomic E-state index is 13.0. The summed E-state index contributed by atoms with van der Waals surface area (Å²) in [5, 5.41) is 9.66. The van der Waals surface area contributed by atoms with Gasteiger partial charge in [0.25, 0.3) is 5.91 Å². The van der Waals surface area contributed by atoms with Gasteiger partial charge in [-0.05, 0) is 55.3 Å². The van der Waals surface area contributed by atoms with Crippen molar-refractivity contribution in [1.82, 2.24) is 4.90 Å². The molecule has 0 radical (unpaired) electrons. The topological polar surface area (TPSA) is 56.5 Å². The van der Waals surface area contributed by atoms with Crippen molar-refractivity contribution in [3.8, 4) is 6.07 Å². The van der Waals surface area contributed by atoms with Crippen molar-refractivity contribution < 1.29 is 4.79 Å². The van der Waals surface area contributed by atoms with Crippen LogP contribution in [-0.2, 0) is 0 Å². The molecule has 4 nitrogen and oxygen atoms in total. The van der Waals surface area contributed by atoms with Crippen molar-refractivity contribution >= 4 is 28.5 Å². The first-order valence-corrected chi connectivity index (χ1v) is 9.23. The number of nitrogens with zero attached hydrogens (tertiary/aromatic N) is 3. The van der Waals surface area contributed by atoms with E-state index in [0.717, 1.165) is 28.6 Å². The lowest BCUT2D eigenvalue weighted by Crippen LogP contribution is -2.39. The number of amides is 1. The molecule has 1 atom stereocenters. The van der Waals surface area contributed by atoms with Gasteiger partial charge in [0.15, 0.2) is 5.17 Å². The second-order valence-electron chi connectivity index (χ2n) is 5.97. The minimum absolute atomic E-state index is 0.0623. The first-order chi connectivity index (χ1) is 12.1. The van der Waals surface area contributed by atoms with Gasteiger partial charge < -0.3 is 0 Å². The molecule has 1 aliphatic heterocycles. The van der Waals surface area contributed by atoms with Gasteiger partial charge in [0.2, 0.25) is 0 Å². The number of carbonyl (C=O) groups excluding carboxylic acids is 1. The molecule has 5 heteroatoms. The molecular weight excluding hydrogens is 330 g/mol. The maximum absolute atomic E-state index is 13.0. The number of aliphatic imine (C=N–C) groups is 1. The zero-order chi connectivity index (χ0) is 17.8. The third-order valence-electron chi connectivity index (χ3n) is 4.15. The molecule has 2 aromatic rings. The Bertz CT molecular complexity index is 852. The summed E-state index contributed by atoms with van der Waals surface area (Å²) < 4.78 is 0. The van der Waals surface area contributed by atoms with E-state index in [1.807, 2.05) is 31.2 Å². The number of hydrogen-bond acceptors (Lipinski definition) is 4. The molecule has 126 valence electrons. The van der Waals surface area contributed by atoms with Gasteiger partial charge in [0.05, 0.1) is 17.3 Å². The van der Waals surface area contributed by atoms with Gasteiger partial charge in [-0.2, -0.15) is 5.26 Å². The molecule has 0 spiro atoms. The zero-order valence-corrected chi connectivity index (χ0v) is 15.1. The first-order valence-electron chi connectivity index (χ1n) is 8.24. The molecule has 1 fully saturated rings. The van der Waals surface area contributed by atoms with Gasteiger partial charge >= 0.3 is 0 Å². The summed E-state index contributed by atoms with van der Waals surface area (Å²) in [7, 11) is 0. The normalized spacial score (nSPS) is 18.4. The Balaban J connectivity index is 1.94. The van der Waals surface area contributed by atoms with E-state index >= 15 is 0 Å². The summed E-state index contributed by atoms with van der Waals surface area (Å²) in [4.78, 5) is 19.5. The van der Waals surface area contributed by atoms with Crippen LogP contribution in [0.5, 0.6) is 0 Å². The third-order valence-corrected chi connectivity index (χ3v) is 5.25. The molecule has 1 heterocycles. The van der Waals surface area contributed by atoms with E-state index < -0.39 is 0 Å². The van der Waals surface area contributed by atoms with Gasteiger partial charge in [-0.1, -0.05) is 30.8 Å². The summed E-state index contributed by atoms with van der Waals surface area (Å²) in [5.74, 6) is 0.788. The first kappa shape index (κ1) is 17.2. The van der Waals surface area contributed by atoms with Crippen LogP contribution in [0.2, 0.25) is 0 Å². The lowest BCUT2D eigenvalue weighted by Gasteiger charge is -2.23. The molecule has 1 amide bonds. The summed E-state index contributed by atoms with van der Waals surface area (Å²) in [6.07, 6.45) is 0.877. The van der Waals surface area contributed by atoms with Crippen LogP contribution in [0.15, 0.2) is 53.5 Å². The lowest BCUT2D eigenvalue weighted by molar-refractivity contribution is 0.0819. The number of benzene rings is 2. The van der Waals surface area contributed by atoms with Gasteiger partial charge in [0, 0.05) is 17.4 Å². The van der Waals surface area contributed by atoms with Crippen molar-refractivity contribution in [3.63, 3.8) is 0 Å². The van der Waals surface area contributed by atoms with E-state index in [1.54, 1.807) is 40.9 Å². The molecule has 0 saturated carbocycles. The fourth-order valence-electron chi connectivity index (χ4n) is 2.74. The van der Waals surface area contributed by atoms with E-state index in [4.69, 9.17) is 10.3 Å². The highest BCUT2D eigenvalue weighted by atomic mass is 32.2. The van der Waals surface area contributed by atoms with Gasteiger partial charge in [-0.25, -0.2) is 4.99 Å². The summed E-state index contributed by atoms with van der Waals surface area (Å²) >= 11 is 1.62. The number of rotatable bonds is 3. The number of carbonyl (C=O) groups is 1. The minimum atomic E-state index is -0.0623. The van der Waals surface area contributed by atoms with Crippen LogP contribution in [0.4, 0.5) is 5.69 Å². The van der Waals surface area contributed by atoms with Gasteiger partial charge in [0.1, 0.15) is 0 Å². The maximum Gasteiger partial charge on any atom is 0.260 e. The van der Waals surface area contributed by atoms with Crippen LogP contribution in [0.3, 0.4) is 0 Å². The van der Waals surface area contributed by atoms with Crippen LogP contribution in [0.25, 0.3) is 0 Å². The van der Waals surface area contributed by atoms with E-state index in [2.05, 4.69) is 13.0 Å². The fraction of sp³-hybridized carbons (Fsp3) is 0.250. The monoisotopic (exact) mass is 349 g/mol. The molecule has 0 unspecified atom stereocenters. The fourth-order valence-corrected chi connectivity index (χ4v) is 4.01. The largest absolute Gasteiger partial charge is 0.283 e. The van der Waals surface area contributed by atoms with E-state index in [-0.39, 0.29) is 11.9 Å². The Hall–Kier alpha value is -2.58. The number of aryl methyl sites for hydroxylation is 1. The molecule has 1 saturated heterocycles. The molecular formula is C20H19N3OS. The number of thioether (sulfide) groups is 1. The van der Waals surface area contributed by atoms with Crippen LogP contribution < -0.4 is 0 Å². The molecule has 3 rings (SSSR count). The molecule has 1 aliphatic rings. The molecule has 0 bridgehead atoms. The Morgan fingerprint density at radius 1 is 1.32 bits per heavy atom. The smallest absolute Gasteiger partial charge is 0.260 e. The predicted octanol–water partition coefficient (Wildman–Crippen LogP) is 4.52. The Morgan fingerprint density at radius 3 is 2.72 bits per heavy atom. The summed E-state index contributed by atoms with van der Waals surface area (Å²) in [6.45, 7) is 4.11. The molecule has 2 aromatic carbocycles. The van der Waals surface area contributed by atoms with E-state index in [1.165, 1.54) is 0 Å². The van der Waals surface area contributed by atoms with Crippen LogP contribution in [-0.4, -0.2) is 27.8 Å². The Labute approximate surface area is 152 Å². The highest BCUT2D eigenvalue weighted by Crippen LogP contribution is 2.30. The van der Waals surface area contributed by atoms with Crippen molar-refractivity contribution in [1.29, 1.82) is 5.26 Å². The molecule has 0 aromatic heterocycles. The second kappa shape index (κ2) is 7.54. The third kappa shape index (κ3) is 3.75. The summed E-state index contributed by atoms with van der Waals surface area (Å²) in [6, 6.07) is 16.9. The van der Waals surface area contributed by atoms with Crippen LogP contribution >= 0.6 is 11.8 Å². The van der Waals surface area contributed by atoms with Crippen molar-refractivity contribution in [3.05, 3.63) is 65.2 Å². The van der Waals surface area contributed by atoms with Crippen LogP contribution in [0.1, 0.15) is 34.8 Å². The quantitative estimate of drug-likeness (QED) is 0.818. The predicted molar refractivity (Wildman–Crippen MR) is 102 cm³/mol. The van der Waals surface area contributed by atoms with Crippen molar-refractivity contribution in [2.24, 2.45) is 4.99 Å². The molecule has 25 heavy (non-hydrogen) atoms. The average Bonchev–Trinajstić information content (AvgIpc) is 3.03. The van der Waals surface area contributed by atoms with Crippen molar-refractivity contribution in [2.45, 2.75) is 26.3 Å². The highest BCUT2D eigenvalue weighted by molar-refractivity contribution is 8.14. The lowest BCUT2D eigenvalue weighted by atomic mass is 10.1. The minimum Gasteiger partial charge on any atom is -0.283 e. The van der Waals surface area contributed by atoms with E-state index in [0.29, 0.717) is 11.1 Å². The Kier molecular flexibility index (Phi) is 5.20. The van der Waals surface area contributed by atoms with Gasteiger partial charge in [-0.3, -0.25) is 9.69 Å². The Morgan fingerprint density at radius 2 is 2.08 bits per heavy atom. The number of nitriles is 1. The second-order valence-corrected chi connectivity index (χ2v) is 6.96. The van der Waals surface area contributed by atoms with E-state index in [9.17, 15) is 4.79 Å². The van der Waals surface area contributed by atoms with Crippen LogP contribution in [0, 0.1) is 18.3 Å². The van der Waals surface area contributed by atoms with Gasteiger partial charge in [-0.15, -0.1) is 0 Å². The molecule has 0 N–H and O–H groups in total. The average molecular weight is 349 g/mol. The number of amidine groups is 1. The standard InChI is InChI=1S/C20H19N3OS/c1-3-18-13-25-20(22-17-6-4-5-14(2)11-17)23(18)19(24)16-9-7-15(12-21)8-10-16/h4-11,18H,3,13H2,1-2H3/t18-/m0/s1.